The fraction of sp³-hybridized carbons (Fsp3) is 0.714. The van der Waals surface area contributed by atoms with Gasteiger partial charge in [-0.05, 0) is 52.9 Å². The molecule has 0 fully saturated rings. The molecule has 0 radical (unpaired) electrons. The van der Waals surface area contributed by atoms with Crippen LogP contribution in [0.4, 0.5) is 0 Å². The monoisotopic (exact) mass is 210 g/mol. The van der Waals surface area contributed by atoms with Crippen LogP contribution >= 0.6 is 0 Å². The van der Waals surface area contributed by atoms with Gasteiger partial charge >= 0.3 is 0 Å². The second-order valence-corrected chi connectivity index (χ2v) is 4.44. The van der Waals surface area contributed by atoms with Crippen LogP contribution < -0.4 is 0 Å². The molecule has 0 atom stereocenters. The second-order valence-electron chi connectivity index (χ2n) is 4.44. The van der Waals surface area contributed by atoms with Crippen molar-refractivity contribution in [2.45, 2.75) is 59.3 Å². The summed E-state index contributed by atoms with van der Waals surface area (Å²) in [5.41, 5.74) is 2.90. The number of allylic oxidation sites excluding steroid dienone is 4. The van der Waals surface area contributed by atoms with E-state index in [1.165, 1.54) is 36.8 Å². The number of hydrogen-bond donors (Lipinski definition) is 1. The maximum Gasteiger partial charge on any atom is 0.0431 e. The van der Waals surface area contributed by atoms with Gasteiger partial charge in [0.05, 0.1) is 0 Å². The summed E-state index contributed by atoms with van der Waals surface area (Å²) >= 11 is 0. The van der Waals surface area contributed by atoms with Gasteiger partial charge in [-0.1, -0.05) is 29.7 Å². The molecule has 0 saturated carbocycles. The maximum absolute atomic E-state index is 8.62. The van der Waals surface area contributed by atoms with Gasteiger partial charge in [0.1, 0.15) is 0 Å². The summed E-state index contributed by atoms with van der Waals surface area (Å²) in [5.74, 6) is 0. The van der Waals surface area contributed by atoms with E-state index in [2.05, 4.69) is 32.9 Å². The van der Waals surface area contributed by atoms with E-state index in [-0.39, 0.29) is 0 Å². The van der Waals surface area contributed by atoms with E-state index in [9.17, 15) is 0 Å². The SMILES string of the molecule is CC(C)=CCC/C(C)=C/CCCCCO. The third-order valence-corrected chi connectivity index (χ3v) is 2.45. The van der Waals surface area contributed by atoms with Crippen LogP contribution in [0.15, 0.2) is 23.3 Å². The van der Waals surface area contributed by atoms with Crippen LogP contribution in [0.5, 0.6) is 0 Å². The van der Waals surface area contributed by atoms with Gasteiger partial charge in [0.15, 0.2) is 0 Å². The zero-order valence-corrected chi connectivity index (χ0v) is 10.6. The normalized spacial score (nSPS) is 11.6. The van der Waals surface area contributed by atoms with E-state index in [0.717, 1.165) is 12.8 Å². The summed E-state index contributed by atoms with van der Waals surface area (Å²) < 4.78 is 0. The Morgan fingerprint density at radius 1 is 0.933 bits per heavy atom. The van der Waals surface area contributed by atoms with Gasteiger partial charge < -0.3 is 5.11 Å². The molecule has 0 aliphatic rings. The van der Waals surface area contributed by atoms with Crippen LogP contribution in [0, 0.1) is 0 Å². The van der Waals surface area contributed by atoms with Gasteiger partial charge in [-0.25, -0.2) is 0 Å². The van der Waals surface area contributed by atoms with Crippen molar-refractivity contribution in [1.82, 2.24) is 0 Å². The second kappa shape index (κ2) is 9.97. The molecule has 0 spiro atoms. The molecule has 0 amide bonds. The van der Waals surface area contributed by atoms with Gasteiger partial charge in [-0.2, -0.15) is 0 Å². The zero-order chi connectivity index (χ0) is 11.5. The first-order valence-corrected chi connectivity index (χ1v) is 6.06. The number of aliphatic hydroxyl groups is 1. The molecule has 1 heteroatoms. The van der Waals surface area contributed by atoms with E-state index < -0.39 is 0 Å². The van der Waals surface area contributed by atoms with E-state index in [4.69, 9.17) is 5.11 Å². The highest BCUT2D eigenvalue weighted by Crippen LogP contribution is 2.09. The number of rotatable bonds is 8. The number of unbranched alkanes of at least 4 members (excludes halogenated alkanes) is 3. The Labute approximate surface area is 94.9 Å². The average Bonchev–Trinajstić information content (AvgIpc) is 2.17. The Morgan fingerprint density at radius 3 is 2.27 bits per heavy atom. The Bertz CT molecular complexity index is 197. The lowest BCUT2D eigenvalue weighted by Crippen LogP contribution is -1.83. The van der Waals surface area contributed by atoms with E-state index in [1.54, 1.807) is 0 Å². The first-order chi connectivity index (χ1) is 7.16. The van der Waals surface area contributed by atoms with Crippen molar-refractivity contribution in [3.8, 4) is 0 Å². The first kappa shape index (κ1) is 14.4. The largest absolute Gasteiger partial charge is 0.396 e. The third kappa shape index (κ3) is 11.4. The van der Waals surface area contributed by atoms with Crippen molar-refractivity contribution < 1.29 is 5.11 Å². The highest BCUT2D eigenvalue weighted by atomic mass is 16.2. The van der Waals surface area contributed by atoms with Crippen LogP contribution in [-0.4, -0.2) is 11.7 Å². The van der Waals surface area contributed by atoms with Crippen molar-refractivity contribution in [2.75, 3.05) is 6.61 Å². The molecule has 1 nitrogen and oxygen atoms in total. The summed E-state index contributed by atoms with van der Waals surface area (Å²) in [6.07, 6.45) is 11.5. The average molecular weight is 210 g/mol. The Kier molecular flexibility index (Phi) is 9.60. The lowest BCUT2D eigenvalue weighted by atomic mass is 10.1. The van der Waals surface area contributed by atoms with Gasteiger partial charge in [0, 0.05) is 6.61 Å². The minimum Gasteiger partial charge on any atom is -0.396 e. The van der Waals surface area contributed by atoms with Crippen molar-refractivity contribution in [2.24, 2.45) is 0 Å². The van der Waals surface area contributed by atoms with Crippen LogP contribution in [-0.2, 0) is 0 Å². The molecule has 0 bridgehead atoms. The number of hydrogen-bond acceptors (Lipinski definition) is 1. The summed E-state index contributed by atoms with van der Waals surface area (Å²) in [4.78, 5) is 0. The van der Waals surface area contributed by atoms with E-state index >= 15 is 0 Å². The lowest BCUT2D eigenvalue weighted by molar-refractivity contribution is 0.283. The van der Waals surface area contributed by atoms with Crippen molar-refractivity contribution in [1.29, 1.82) is 0 Å². The summed E-state index contributed by atoms with van der Waals surface area (Å²) in [6.45, 7) is 6.84. The molecule has 0 aliphatic carbocycles. The quantitative estimate of drug-likeness (QED) is 0.469. The standard InChI is InChI=1S/C14H26O/c1-13(2)9-8-11-14(3)10-6-4-5-7-12-15/h9-10,15H,4-8,11-12H2,1-3H3/b14-10+. The molecule has 15 heavy (non-hydrogen) atoms. The summed E-state index contributed by atoms with van der Waals surface area (Å²) in [5, 5.41) is 8.62. The molecule has 0 unspecified atom stereocenters. The van der Waals surface area contributed by atoms with Crippen molar-refractivity contribution in [3.63, 3.8) is 0 Å². The topological polar surface area (TPSA) is 20.2 Å². The van der Waals surface area contributed by atoms with E-state index in [0.29, 0.717) is 6.61 Å². The fourth-order valence-corrected chi connectivity index (χ4v) is 1.47. The Balaban J connectivity index is 3.48. The Morgan fingerprint density at radius 2 is 1.67 bits per heavy atom. The molecule has 0 aromatic rings. The van der Waals surface area contributed by atoms with Gasteiger partial charge in [-0.3, -0.25) is 0 Å². The third-order valence-electron chi connectivity index (χ3n) is 2.45. The zero-order valence-electron chi connectivity index (χ0n) is 10.6. The molecule has 0 saturated heterocycles. The molecule has 0 aromatic heterocycles. The highest BCUT2D eigenvalue weighted by molar-refractivity contribution is 5.01. The predicted molar refractivity (Wildman–Crippen MR) is 68.0 cm³/mol. The van der Waals surface area contributed by atoms with Gasteiger partial charge in [-0.15, -0.1) is 0 Å². The van der Waals surface area contributed by atoms with Crippen molar-refractivity contribution in [3.05, 3.63) is 23.3 Å². The molecule has 0 rings (SSSR count). The smallest absolute Gasteiger partial charge is 0.0431 e. The fourth-order valence-electron chi connectivity index (χ4n) is 1.47. The predicted octanol–water partition coefficient (Wildman–Crippen LogP) is 4.23. The molecule has 0 aliphatic heterocycles. The minimum absolute atomic E-state index is 0.337. The number of aliphatic hydroxyl groups excluding tert-OH is 1. The first-order valence-electron chi connectivity index (χ1n) is 6.06. The van der Waals surface area contributed by atoms with Gasteiger partial charge in [0.25, 0.3) is 0 Å². The molecule has 0 heterocycles. The molecule has 88 valence electrons. The van der Waals surface area contributed by atoms with E-state index in [1.807, 2.05) is 0 Å². The summed E-state index contributed by atoms with van der Waals surface area (Å²) in [7, 11) is 0. The highest BCUT2D eigenvalue weighted by Gasteiger charge is 1.90. The Hall–Kier alpha value is -0.560. The van der Waals surface area contributed by atoms with Crippen LogP contribution in [0.3, 0.4) is 0 Å². The minimum atomic E-state index is 0.337. The molecule has 1 N–H and O–H groups in total. The van der Waals surface area contributed by atoms with Gasteiger partial charge in [0.2, 0.25) is 0 Å². The van der Waals surface area contributed by atoms with Crippen LogP contribution in [0.1, 0.15) is 59.3 Å². The lowest BCUT2D eigenvalue weighted by Gasteiger charge is -1.99. The molecular weight excluding hydrogens is 184 g/mol. The summed E-state index contributed by atoms with van der Waals surface area (Å²) in [6, 6.07) is 0. The maximum atomic E-state index is 8.62. The van der Waals surface area contributed by atoms with Crippen LogP contribution in [0.25, 0.3) is 0 Å². The molecule has 0 aromatic carbocycles. The van der Waals surface area contributed by atoms with Crippen LogP contribution in [0.2, 0.25) is 0 Å². The van der Waals surface area contributed by atoms with Crippen molar-refractivity contribution >= 4 is 0 Å². The molecular formula is C14H26O.